The third kappa shape index (κ3) is 4.42. The molecule has 1 aliphatic rings. The molecule has 24 heavy (non-hydrogen) atoms. The standard InChI is InChI=1S/C19H22ClN3O/c20-15-8-10-16(11-9-15)22-19(24)14-21-17-6-2-3-7-18(17)23-12-4-1-5-13-23/h2-3,6-11,21H,1,4-5,12-14H2,(H,22,24). The van der Waals surface area contributed by atoms with Crippen molar-refractivity contribution in [3.63, 3.8) is 0 Å². The number of benzene rings is 2. The highest BCUT2D eigenvalue weighted by molar-refractivity contribution is 6.30. The minimum absolute atomic E-state index is 0.0780. The molecule has 1 aliphatic heterocycles. The summed E-state index contributed by atoms with van der Waals surface area (Å²) in [4.78, 5) is 14.5. The second kappa shape index (κ2) is 8.06. The maximum atomic E-state index is 12.1. The van der Waals surface area contributed by atoms with Crippen molar-refractivity contribution in [2.24, 2.45) is 0 Å². The summed E-state index contributed by atoms with van der Waals surface area (Å²) in [6.45, 7) is 2.39. The number of nitrogens with zero attached hydrogens (tertiary/aromatic N) is 1. The Morgan fingerprint density at radius 1 is 1.00 bits per heavy atom. The lowest BCUT2D eigenvalue weighted by Gasteiger charge is -2.30. The van der Waals surface area contributed by atoms with E-state index in [4.69, 9.17) is 11.6 Å². The first-order chi connectivity index (χ1) is 11.7. The maximum absolute atomic E-state index is 12.1. The Morgan fingerprint density at radius 2 is 1.71 bits per heavy atom. The van der Waals surface area contributed by atoms with Crippen molar-refractivity contribution in [3.8, 4) is 0 Å². The van der Waals surface area contributed by atoms with Gasteiger partial charge in [0.1, 0.15) is 0 Å². The zero-order chi connectivity index (χ0) is 16.8. The van der Waals surface area contributed by atoms with Crippen LogP contribution >= 0.6 is 11.6 Å². The van der Waals surface area contributed by atoms with Crippen LogP contribution in [0.1, 0.15) is 19.3 Å². The number of para-hydroxylation sites is 2. The first-order valence-corrected chi connectivity index (χ1v) is 8.73. The summed E-state index contributed by atoms with van der Waals surface area (Å²) in [5.41, 5.74) is 2.93. The molecule has 2 aromatic carbocycles. The van der Waals surface area contributed by atoms with E-state index in [1.54, 1.807) is 24.3 Å². The third-order valence-corrected chi connectivity index (χ3v) is 4.42. The van der Waals surface area contributed by atoms with Gasteiger partial charge in [0.25, 0.3) is 0 Å². The highest BCUT2D eigenvalue weighted by atomic mass is 35.5. The van der Waals surface area contributed by atoms with Crippen molar-refractivity contribution in [1.29, 1.82) is 0 Å². The summed E-state index contributed by atoms with van der Waals surface area (Å²) in [5.74, 6) is -0.0780. The second-order valence-corrected chi connectivity index (χ2v) is 6.41. The van der Waals surface area contributed by atoms with E-state index in [1.165, 1.54) is 24.9 Å². The van der Waals surface area contributed by atoms with Crippen molar-refractivity contribution in [2.45, 2.75) is 19.3 Å². The van der Waals surface area contributed by atoms with Crippen molar-refractivity contribution in [1.82, 2.24) is 0 Å². The second-order valence-electron chi connectivity index (χ2n) is 5.97. The molecule has 0 atom stereocenters. The number of hydrogen-bond donors (Lipinski definition) is 2. The zero-order valence-electron chi connectivity index (χ0n) is 13.6. The van der Waals surface area contributed by atoms with E-state index in [2.05, 4.69) is 21.6 Å². The Hall–Kier alpha value is -2.20. The predicted octanol–water partition coefficient (Wildman–Crippen LogP) is 4.38. The fourth-order valence-corrected chi connectivity index (χ4v) is 3.07. The van der Waals surface area contributed by atoms with E-state index >= 15 is 0 Å². The Morgan fingerprint density at radius 3 is 2.46 bits per heavy atom. The minimum Gasteiger partial charge on any atom is -0.374 e. The summed E-state index contributed by atoms with van der Waals surface area (Å²) in [5, 5.41) is 6.78. The van der Waals surface area contributed by atoms with Gasteiger partial charge in [0.15, 0.2) is 0 Å². The molecule has 0 saturated carbocycles. The van der Waals surface area contributed by atoms with Gasteiger partial charge in [-0.25, -0.2) is 0 Å². The van der Waals surface area contributed by atoms with Crippen molar-refractivity contribution < 1.29 is 4.79 Å². The lowest BCUT2D eigenvalue weighted by Crippen LogP contribution is -2.30. The summed E-state index contributed by atoms with van der Waals surface area (Å²) in [6, 6.07) is 15.3. The molecular formula is C19H22ClN3O. The van der Waals surface area contributed by atoms with Gasteiger partial charge >= 0.3 is 0 Å². The van der Waals surface area contributed by atoms with Crippen LogP contribution in [0.15, 0.2) is 48.5 Å². The molecule has 1 fully saturated rings. The van der Waals surface area contributed by atoms with E-state index in [0.29, 0.717) is 5.02 Å². The number of hydrogen-bond acceptors (Lipinski definition) is 3. The van der Waals surface area contributed by atoms with Gasteiger partial charge < -0.3 is 15.5 Å². The molecule has 126 valence electrons. The summed E-state index contributed by atoms with van der Waals surface area (Å²) in [6.07, 6.45) is 3.76. The number of anilines is 3. The smallest absolute Gasteiger partial charge is 0.243 e. The molecule has 0 aromatic heterocycles. The van der Waals surface area contributed by atoms with Crippen molar-refractivity contribution in [2.75, 3.05) is 35.2 Å². The van der Waals surface area contributed by atoms with Gasteiger partial charge in [-0.05, 0) is 55.7 Å². The topological polar surface area (TPSA) is 44.4 Å². The van der Waals surface area contributed by atoms with Gasteiger partial charge in [-0.3, -0.25) is 4.79 Å². The van der Waals surface area contributed by atoms with E-state index < -0.39 is 0 Å². The molecule has 0 bridgehead atoms. The van der Waals surface area contributed by atoms with Gasteiger partial charge in [-0.15, -0.1) is 0 Å². The summed E-state index contributed by atoms with van der Waals surface area (Å²) in [7, 11) is 0. The fraction of sp³-hybridized carbons (Fsp3) is 0.316. The quantitative estimate of drug-likeness (QED) is 0.846. The Kier molecular flexibility index (Phi) is 5.59. The fourth-order valence-electron chi connectivity index (χ4n) is 2.95. The van der Waals surface area contributed by atoms with Gasteiger partial charge in [-0.2, -0.15) is 0 Å². The van der Waals surface area contributed by atoms with Crippen LogP contribution in [-0.4, -0.2) is 25.5 Å². The minimum atomic E-state index is -0.0780. The number of rotatable bonds is 5. The monoisotopic (exact) mass is 343 g/mol. The average Bonchev–Trinajstić information content (AvgIpc) is 2.63. The first-order valence-electron chi connectivity index (χ1n) is 8.35. The predicted molar refractivity (Wildman–Crippen MR) is 101 cm³/mol. The van der Waals surface area contributed by atoms with Gasteiger partial charge in [-0.1, -0.05) is 23.7 Å². The Balaban J connectivity index is 1.59. The molecule has 1 heterocycles. The number of amides is 1. The van der Waals surface area contributed by atoms with Crippen LogP contribution in [0.25, 0.3) is 0 Å². The van der Waals surface area contributed by atoms with Crippen LogP contribution in [0.4, 0.5) is 17.1 Å². The van der Waals surface area contributed by atoms with E-state index in [1.807, 2.05) is 18.2 Å². The van der Waals surface area contributed by atoms with Crippen LogP contribution in [0, 0.1) is 0 Å². The number of carbonyl (C=O) groups is 1. The number of nitrogens with one attached hydrogen (secondary N) is 2. The van der Waals surface area contributed by atoms with Crippen LogP contribution in [0.5, 0.6) is 0 Å². The largest absolute Gasteiger partial charge is 0.374 e. The van der Waals surface area contributed by atoms with Gasteiger partial charge in [0.2, 0.25) is 5.91 Å². The Labute approximate surface area is 147 Å². The first kappa shape index (κ1) is 16.7. The maximum Gasteiger partial charge on any atom is 0.243 e. The van der Waals surface area contributed by atoms with Gasteiger partial charge in [0, 0.05) is 23.8 Å². The van der Waals surface area contributed by atoms with Crippen LogP contribution < -0.4 is 15.5 Å². The lowest BCUT2D eigenvalue weighted by atomic mass is 10.1. The van der Waals surface area contributed by atoms with E-state index in [-0.39, 0.29) is 12.5 Å². The molecule has 5 heteroatoms. The lowest BCUT2D eigenvalue weighted by molar-refractivity contribution is -0.114. The summed E-state index contributed by atoms with van der Waals surface area (Å²) >= 11 is 5.85. The molecule has 1 saturated heterocycles. The molecule has 3 rings (SSSR count). The molecule has 2 N–H and O–H groups in total. The SMILES string of the molecule is O=C(CNc1ccccc1N1CCCCC1)Nc1ccc(Cl)cc1. The average molecular weight is 344 g/mol. The van der Waals surface area contributed by atoms with E-state index in [9.17, 15) is 4.79 Å². The summed E-state index contributed by atoms with van der Waals surface area (Å²) < 4.78 is 0. The van der Waals surface area contributed by atoms with E-state index in [0.717, 1.165) is 24.5 Å². The van der Waals surface area contributed by atoms with Crippen molar-refractivity contribution in [3.05, 3.63) is 53.6 Å². The highest BCUT2D eigenvalue weighted by Gasteiger charge is 2.14. The number of piperidine rings is 1. The molecule has 4 nitrogen and oxygen atoms in total. The van der Waals surface area contributed by atoms with Crippen LogP contribution in [0.3, 0.4) is 0 Å². The van der Waals surface area contributed by atoms with Crippen molar-refractivity contribution >= 4 is 34.6 Å². The molecule has 0 unspecified atom stereocenters. The molecule has 2 aromatic rings. The molecular weight excluding hydrogens is 322 g/mol. The normalized spacial score (nSPS) is 14.3. The zero-order valence-corrected chi connectivity index (χ0v) is 14.4. The molecule has 0 aliphatic carbocycles. The number of carbonyl (C=O) groups excluding carboxylic acids is 1. The number of halogens is 1. The van der Waals surface area contributed by atoms with Crippen LogP contribution in [-0.2, 0) is 4.79 Å². The third-order valence-electron chi connectivity index (χ3n) is 4.17. The Bertz CT molecular complexity index is 681. The molecule has 0 spiro atoms. The molecule has 1 amide bonds. The van der Waals surface area contributed by atoms with Gasteiger partial charge in [0.05, 0.1) is 17.9 Å². The molecule has 0 radical (unpaired) electrons. The van der Waals surface area contributed by atoms with Crippen LogP contribution in [0.2, 0.25) is 5.02 Å². The highest BCUT2D eigenvalue weighted by Crippen LogP contribution is 2.28.